The molecule has 27 heavy (non-hydrogen) atoms. The van der Waals surface area contributed by atoms with E-state index in [1.807, 2.05) is 79.7 Å². The van der Waals surface area contributed by atoms with Gasteiger partial charge in [-0.3, -0.25) is 4.57 Å². The van der Waals surface area contributed by atoms with E-state index in [0.29, 0.717) is 6.54 Å². The minimum Gasteiger partial charge on any atom is -0.296 e. The maximum absolute atomic E-state index is 14.9. The van der Waals surface area contributed by atoms with Gasteiger partial charge in [0, 0.05) is 22.7 Å². The van der Waals surface area contributed by atoms with E-state index in [1.165, 1.54) is 0 Å². The lowest BCUT2D eigenvalue weighted by molar-refractivity contribution is 0.245. The fraction of sp³-hybridized carbons (Fsp3) is 0.250. The third kappa shape index (κ3) is 4.08. The largest absolute Gasteiger partial charge is 0.296 e. The molecular weight excluding hydrogens is 349 g/mol. The maximum Gasteiger partial charge on any atom is 0.208 e. The van der Waals surface area contributed by atoms with E-state index in [1.54, 1.807) is 0 Å². The highest BCUT2D eigenvalue weighted by molar-refractivity contribution is 7.76. The predicted octanol–water partition coefficient (Wildman–Crippen LogP) is 5.52. The second-order valence-corrected chi connectivity index (χ2v) is 10.5. The molecular formula is C24H28NOP. The van der Waals surface area contributed by atoms with Crippen LogP contribution in [-0.4, -0.2) is 10.2 Å². The molecule has 3 aromatic carbocycles. The first-order chi connectivity index (χ1) is 12.8. The van der Waals surface area contributed by atoms with Crippen molar-refractivity contribution in [2.24, 2.45) is 0 Å². The molecule has 3 rings (SSSR count). The molecule has 0 N–H and O–H groups in total. The molecule has 1 atom stereocenters. The Morgan fingerprint density at radius 3 is 1.85 bits per heavy atom. The van der Waals surface area contributed by atoms with Crippen LogP contribution < -0.4 is 10.6 Å². The van der Waals surface area contributed by atoms with E-state index in [4.69, 9.17) is 0 Å². The van der Waals surface area contributed by atoms with Gasteiger partial charge in [-0.15, -0.1) is 0 Å². The van der Waals surface area contributed by atoms with E-state index < -0.39 is 7.29 Å². The molecule has 0 aliphatic rings. The zero-order chi connectivity index (χ0) is 19.5. The molecule has 3 aromatic rings. The van der Waals surface area contributed by atoms with Crippen molar-refractivity contribution in [2.45, 2.75) is 39.8 Å². The van der Waals surface area contributed by atoms with E-state index in [-0.39, 0.29) is 5.54 Å². The molecule has 0 aliphatic carbocycles. The molecule has 0 radical (unpaired) electrons. The Balaban J connectivity index is 2.24. The summed E-state index contributed by atoms with van der Waals surface area (Å²) >= 11 is 0. The minimum absolute atomic E-state index is 0.274. The van der Waals surface area contributed by atoms with Crippen LogP contribution in [0.25, 0.3) is 0 Å². The van der Waals surface area contributed by atoms with Crippen LogP contribution in [-0.2, 0) is 11.1 Å². The quantitative estimate of drug-likeness (QED) is 0.545. The van der Waals surface area contributed by atoms with Crippen LogP contribution in [0.5, 0.6) is 0 Å². The highest BCUT2D eigenvalue weighted by Crippen LogP contribution is 2.52. The van der Waals surface area contributed by atoms with E-state index >= 15 is 0 Å². The van der Waals surface area contributed by atoms with Crippen LogP contribution in [0, 0.1) is 6.92 Å². The van der Waals surface area contributed by atoms with Gasteiger partial charge >= 0.3 is 0 Å². The van der Waals surface area contributed by atoms with Crippen molar-refractivity contribution in [2.75, 3.05) is 0 Å². The lowest BCUT2D eigenvalue weighted by atomic mass is 10.1. The lowest BCUT2D eigenvalue weighted by Crippen LogP contribution is -2.44. The Kier molecular flexibility index (Phi) is 5.69. The van der Waals surface area contributed by atoms with Crippen LogP contribution >= 0.6 is 7.29 Å². The molecule has 3 heteroatoms. The molecule has 0 aliphatic heterocycles. The SMILES string of the molecule is Cc1ccccc1P(=O)(c1ccccc1)N(Cc1ccccc1)C(C)(C)C. The first-order valence-electron chi connectivity index (χ1n) is 9.37. The van der Waals surface area contributed by atoms with Crippen LogP contribution in [0.15, 0.2) is 84.9 Å². The lowest BCUT2D eigenvalue weighted by Gasteiger charge is -2.42. The molecule has 0 saturated carbocycles. The molecule has 0 heterocycles. The second-order valence-electron chi connectivity index (χ2n) is 7.91. The summed E-state index contributed by atoms with van der Waals surface area (Å²) in [6.07, 6.45) is 0. The molecule has 2 nitrogen and oxygen atoms in total. The number of nitrogens with zero attached hydrogens (tertiary/aromatic N) is 1. The topological polar surface area (TPSA) is 20.3 Å². The third-order valence-corrected chi connectivity index (χ3v) is 8.41. The van der Waals surface area contributed by atoms with Crippen molar-refractivity contribution in [1.29, 1.82) is 0 Å². The Bertz CT molecular complexity index is 929. The van der Waals surface area contributed by atoms with Gasteiger partial charge in [0.25, 0.3) is 0 Å². The van der Waals surface area contributed by atoms with Crippen LogP contribution in [0.1, 0.15) is 31.9 Å². The van der Waals surface area contributed by atoms with Crippen LogP contribution in [0.4, 0.5) is 0 Å². The summed E-state index contributed by atoms with van der Waals surface area (Å²) in [7, 11) is -3.03. The predicted molar refractivity (Wildman–Crippen MR) is 116 cm³/mol. The Hall–Kier alpha value is -2.15. The summed E-state index contributed by atoms with van der Waals surface area (Å²) < 4.78 is 17.1. The third-order valence-electron chi connectivity index (χ3n) is 4.84. The zero-order valence-electron chi connectivity index (χ0n) is 16.6. The number of aryl methyl sites for hydroxylation is 1. The molecule has 0 aromatic heterocycles. The van der Waals surface area contributed by atoms with E-state index in [9.17, 15) is 4.57 Å². The highest BCUT2D eigenvalue weighted by Gasteiger charge is 2.41. The van der Waals surface area contributed by atoms with E-state index in [2.05, 4.69) is 37.6 Å². The monoisotopic (exact) mass is 377 g/mol. The number of hydrogen-bond acceptors (Lipinski definition) is 1. The molecule has 1 unspecified atom stereocenters. The summed E-state index contributed by atoms with van der Waals surface area (Å²) in [5.41, 5.74) is 1.95. The minimum atomic E-state index is -3.03. The van der Waals surface area contributed by atoms with Crippen LogP contribution in [0.2, 0.25) is 0 Å². The van der Waals surface area contributed by atoms with E-state index in [0.717, 1.165) is 21.7 Å². The molecule has 0 saturated heterocycles. The smallest absolute Gasteiger partial charge is 0.208 e. The fourth-order valence-electron chi connectivity index (χ4n) is 3.46. The zero-order valence-corrected chi connectivity index (χ0v) is 17.5. The van der Waals surface area contributed by atoms with Gasteiger partial charge in [-0.1, -0.05) is 66.7 Å². The summed E-state index contributed by atoms with van der Waals surface area (Å²) in [6.45, 7) is 9.11. The van der Waals surface area contributed by atoms with Gasteiger partial charge in [0.1, 0.15) is 0 Å². The van der Waals surface area contributed by atoms with Crippen LogP contribution in [0.3, 0.4) is 0 Å². The number of hydrogen-bond donors (Lipinski definition) is 0. The van der Waals surface area contributed by atoms with Crippen molar-refractivity contribution < 1.29 is 4.57 Å². The van der Waals surface area contributed by atoms with Gasteiger partial charge in [0.05, 0.1) is 0 Å². The average molecular weight is 377 g/mol. The standard InChI is InChI=1S/C24H28NOP/c1-20-13-11-12-18-23(20)27(26,22-16-9-6-10-17-22)25(24(2,3)4)19-21-14-7-5-8-15-21/h5-18H,19H2,1-4H3. The normalized spacial score (nSPS) is 14.1. The van der Waals surface area contributed by atoms with Gasteiger partial charge < -0.3 is 0 Å². The van der Waals surface area contributed by atoms with Gasteiger partial charge in [-0.25, -0.2) is 4.67 Å². The highest BCUT2D eigenvalue weighted by atomic mass is 31.2. The van der Waals surface area contributed by atoms with Gasteiger partial charge in [-0.05, 0) is 57.0 Å². The Morgan fingerprint density at radius 1 is 0.778 bits per heavy atom. The van der Waals surface area contributed by atoms with Crippen molar-refractivity contribution in [3.05, 3.63) is 96.1 Å². The molecule has 0 bridgehead atoms. The molecule has 0 spiro atoms. The molecule has 0 fully saturated rings. The molecule has 140 valence electrons. The number of benzene rings is 3. The Labute approximate surface area is 163 Å². The maximum atomic E-state index is 14.9. The first kappa shape index (κ1) is 19.6. The Morgan fingerprint density at radius 2 is 1.30 bits per heavy atom. The summed E-state index contributed by atoms with van der Waals surface area (Å²) in [5, 5.41) is 1.80. The summed E-state index contributed by atoms with van der Waals surface area (Å²) in [6, 6.07) is 28.3. The van der Waals surface area contributed by atoms with Gasteiger partial charge in [0.2, 0.25) is 7.29 Å². The number of rotatable bonds is 5. The van der Waals surface area contributed by atoms with Gasteiger partial charge in [0.15, 0.2) is 0 Å². The van der Waals surface area contributed by atoms with Crippen molar-refractivity contribution in [3.8, 4) is 0 Å². The van der Waals surface area contributed by atoms with Gasteiger partial charge in [-0.2, -0.15) is 0 Å². The first-order valence-corrected chi connectivity index (χ1v) is 11.0. The van der Waals surface area contributed by atoms with Crippen molar-refractivity contribution in [1.82, 2.24) is 4.67 Å². The van der Waals surface area contributed by atoms with Crippen molar-refractivity contribution in [3.63, 3.8) is 0 Å². The fourth-order valence-corrected chi connectivity index (χ4v) is 6.90. The summed E-state index contributed by atoms with van der Waals surface area (Å²) in [4.78, 5) is 0. The molecule has 0 amide bonds. The average Bonchev–Trinajstić information content (AvgIpc) is 2.66. The summed E-state index contributed by atoms with van der Waals surface area (Å²) in [5.74, 6) is 0. The second kappa shape index (κ2) is 7.84. The van der Waals surface area contributed by atoms with Crippen molar-refractivity contribution >= 4 is 17.9 Å².